The Morgan fingerprint density at radius 3 is 2.88 bits per heavy atom. The molecule has 10 heteroatoms. The molecule has 134 valence electrons. The van der Waals surface area contributed by atoms with Crippen LogP contribution >= 0.6 is 0 Å². The van der Waals surface area contributed by atoms with E-state index in [4.69, 9.17) is 5.11 Å². The van der Waals surface area contributed by atoms with Gasteiger partial charge in [0.25, 0.3) is 5.56 Å². The Bertz CT molecular complexity index is 883. The zero-order chi connectivity index (χ0) is 18.0. The highest BCUT2D eigenvalue weighted by Crippen LogP contribution is 2.18. The summed E-state index contributed by atoms with van der Waals surface area (Å²) in [6.45, 7) is 1.09. The molecule has 2 aromatic rings. The number of aliphatic hydroxyl groups excluding tert-OH is 2. The smallest absolute Gasteiger partial charge is 0.328 e. The van der Waals surface area contributed by atoms with Crippen LogP contribution in [0.15, 0.2) is 27.9 Å². The molecule has 2 aromatic heterocycles. The summed E-state index contributed by atoms with van der Waals surface area (Å²) in [5.74, 6) is -0.116. The predicted molar refractivity (Wildman–Crippen MR) is 85.6 cm³/mol. The van der Waals surface area contributed by atoms with E-state index < -0.39 is 24.0 Å². The molecule has 0 spiro atoms. The number of aliphatic hydroxyl groups is 2. The molecule has 1 aliphatic heterocycles. The van der Waals surface area contributed by atoms with Crippen molar-refractivity contribution in [1.82, 2.24) is 24.2 Å². The van der Waals surface area contributed by atoms with Gasteiger partial charge in [0, 0.05) is 31.8 Å². The molecule has 3 rings (SSSR count). The van der Waals surface area contributed by atoms with E-state index in [1.807, 2.05) is 0 Å². The van der Waals surface area contributed by atoms with E-state index >= 15 is 0 Å². The first-order valence-electron chi connectivity index (χ1n) is 7.91. The molecule has 1 aliphatic rings. The number of carbonyl (C=O) groups excluding carboxylic acids is 1. The first kappa shape index (κ1) is 17.1. The minimum absolute atomic E-state index is 0.116. The number of fused-ring (bicyclic) bond motifs is 1. The molecule has 0 radical (unpaired) electrons. The van der Waals surface area contributed by atoms with Crippen molar-refractivity contribution in [3.63, 3.8) is 0 Å². The number of aromatic nitrogens is 4. The van der Waals surface area contributed by atoms with E-state index in [1.54, 1.807) is 15.6 Å². The third-order valence-electron chi connectivity index (χ3n) is 4.15. The molecule has 0 unspecified atom stereocenters. The van der Waals surface area contributed by atoms with E-state index in [-0.39, 0.29) is 18.9 Å². The molecule has 0 bridgehead atoms. The number of amides is 1. The van der Waals surface area contributed by atoms with Gasteiger partial charge in [-0.15, -0.1) is 0 Å². The number of nitrogens with one attached hydrogen (secondary N) is 1. The normalized spacial score (nSPS) is 15.0. The van der Waals surface area contributed by atoms with E-state index in [1.165, 1.54) is 16.8 Å². The summed E-state index contributed by atoms with van der Waals surface area (Å²) in [7, 11) is 0. The fraction of sp³-hybridized carbons (Fsp3) is 0.467. The highest BCUT2D eigenvalue weighted by atomic mass is 16.3. The van der Waals surface area contributed by atoms with E-state index in [9.17, 15) is 19.5 Å². The Labute approximate surface area is 141 Å². The molecule has 0 saturated heterocycles. The first-order valence-corrected chi connectivity index (χ1v) is 7.91. The second kappa shape index (κ2) is 7.03. The van der Waals surface area contributed by atoms with Gasteiger partial charge < -0.3 is 19.7 Å². The Morgan fingerprint density at radius 1 is 1.36 bits per heavy atom. The van der Waals surface area contributed by atoms with Gasteiger partial charge in [-0.1, -0.05) is 0 Å². The number of nitrogens with zero attached hydrogens (tertiary/aromatic N) is 4. The van der Waals surface area contributed by atoms with Gasteiger partial charge in [0.15, 0.2) is 0 Å². The summed E-state index contributed by atoms with van der Waals surface area (Å²) in [5, 5.41) is 22.9. The van der Waals surface area contributed by atoms with Crippen LogP contribution in [0.2, 0.25) is 0 Å². The van der Waals surface area contributed by atoms with Gasteiger partial charge >= 0.3 is 5.69 Å². The van der Waals surface area contributed by atoms with Crippen LogP contribution in [0.25, 0.3) is 0 Å². The monoisotopic (exact) mass is 349 g/mol. The summed E-state index contributed by atoms with van der Waals surface area (Å²) >= 11 is 0. The van der Waals surface area contributed by atoms with Gasteiger partial charge in [-0.2, -0.15) is 5.10 Å². The quantitative estimate of drug-likeness (QED) is 0.583. The average molecular weight is 349 g/mol. The molecule has 10 nitrogen and oxygen atoms in total. The molecule has 3 heterocycles. The molecule has 0 fully saturated rings. The lowest BCUT2D eigenvalue weighted by molar-refractivity contribution is -0.133. The molecular formula is C15H19N5O5. The predicted octanol–water partition coefficient (Wildman–Crippen LogP) is -1.81. The summed E-state index contributed by atoms with van der Waals surface area (Å²) in [5.41, 5.74) is 0.146. The van der Waals surface area contributed by atoms with Crippen LogP contribution < -0.4 is 11.2 Å². The maximum Gasteiger partial charge on any atom is 0.328 e. The van der Waals surface area contributed by atoms with Gasteiger partial charge in [0.2, 0.25) is 5.91 Å². The number of hydrogen-bond donors (Lipinski definition) is 3. The van der Waals surface area contributed by atoms with Crippen molar-refractivity contribution in [1.29, 1.82) is 0 Å². The van der Waals surface area contributed by atoms with Crippen LogP contribution in [0.1, 0.15) is 23.9 Å². The molecule has 0 aliphatic carbocycles. The summed E-state index contributed by atoms with van der Waals surface area (Å²) in [6.07, 6.45) is 0.462. The lowest BCUT2D eigenvalue weighted by Crippen LogP contribution is -2.39. The fourth-order valence-electron chi connectivity index (χ4n) is 2.75. The molecule has 1 amide bonds. The number of carbonyl (C=O) groups is 1. The lowest BCUT2D eigenvalue weighted by Gasteiger charge is -2.27. The van der Waals surface area contributed by atoms with Crippen LogP contribution in [-0.4, -0.2) is 53.5 Å². The highest BCUT2D eigenvalue weighted by molar-refractivity contribution is 5.76. The Hall–Kier alpha value is -2.72. The largest absolute Gasteiger partial charge is 0.393 e. The molecular weight excluding hydrogens is 330 g/mol. The topological polar surface area (TPSA) is 133 Å². The molecule has 0 saturated carbocycles. The Kier molecular flexibility index (Phi) is 4.81. The lowest BCUT2D eigenvalue weighted by atomic mass is 10.2. The van der Waals surface area contributed by atoms with Crippen molar-refractivity contribution in [2.24, 2.45) is 0 Å². The van der Waals surface area contributed by atoms with E-state index in [2.05, 4.69) is 10.1 Å². The molecule has 3 N–H and O–H groups in total. The van der Waals surface area contributed by atoms with Gasteiger partial charge in [-0.3, -0.25) is 19.3 Å². The number of aryl methyl sites for hydroxylation is 1. The minimum Gasteiger partial charge on any atom is -0.393 e. The van der Waals surface area contributed by atoms with Crippen molar-refractivity contribution in [3.8, 4) is 0 Å². The van der Waals surface area contributed by atoms with Crippen LogP contribution in [0.4, 0.5) is 0 Å². The Morgan fingerprint density at radius 2 is 2.16 bits per heavy atom. The number of H-pyrrole nitrogens is 1. The summed E-state index contributed by atoms with van der Waals surface area (Å²) in [6, 6.07) is 2.91. The number of aromatic amines is 1. The molecule has 0 aromatic carbocycles. The second-order valence-corrected chi connectivity index (χ2v) is 5.85. The number of hydrogen-bond acceptors (Lipinski definition) is 6. The van der Waals surface area contributed by atoms with Crippen LogP contribution in [0.5, 0.6) is 0 Å². The van der Waals surface area contributed by atoms with Crippen LogP contribution in [0.3, 0.4) is 0 Å². The van der Waals surface area contributed by atoms with Crippen molar-refractivity contribution in [2.45, 2.75) is 32.2 Å². The highest BCUT2D eigenvalue weighted by Gasteiger charge is 2.23. The SMILES string of the molecule is O=C(CCn1ccc(=O)[nH]c1=O)N1CCn2nc([C@H](O)CO)cc2C1. The Balaban J connectivity index is 1.63. The maximum absolute atomic E-state index is 12.4. The van der Waals surface area contributed by atoms with Crippen LogP contribution in [0, 0.1) is 0 Å². The average Bonchev–Trinajstić information content (AvgIpc) is 3.03. The first-order chi connectivity index (χ1) is 12.0. The molecule has 1 atom stereocenters. The summed E-state index contributed by atoms with van der Waals surface area (Å²) < 4.78 is 2.99. The third-order valence-corrected chi connectivity index (χ3v) is 4.15. The number of rotatable bonds is 5. The molecule has 25 heavy (non-hydrogen) atoms. The minimum atomic E-state index is -1.03. The van der Waals surface area contributed by atoms with Gasteiger partial charge in [0.1, 0.15) is 6.10 Å². The fourth-order valence-corrected chi connectivity index (χ4v) is 2.75. The zero-order valence-electron chi connectivity index (χ0n) is 13.5. The second-order valence-electron chi connectivity index (χ2n) is 5.85. The van der Waals surface area contributed by atoms with Gasteiger partial charge in [-0.05, 0) is 6.07 Å². The van der Waals surface area contributed by atoms with Crippen molar-refractivity contribution >= 4 is 5.91 Å². The van der Waals surface area contributed by atoms with E-state index in [0.717, 1.165) is 5.69 Å². The third kappa shape index (κ3) is 3.69. The van der Waals surface area contributed by atoms with Gasteiger partial charge in [0.05, 0.1) is 31.1 Å². The zero-order valence-corrected chi connectivity index (χ0v) is 13.5. The van der Waals surface area contributed by atoms with Crippen molar-refractivity contribution in [3.05, 3.63) is 50.6 Å². The van der Waals surface area contributed by atoms with Gasteiger partial charge in [-0.25, -0.2) is 4.79 Å². The van der Waals surface area contributed by atoms with E-state index in [0.29, 0.717) is 25.3 Å². The standard InChI is InChI=1S/C15H19N5O5/c21-9-12(22)11-7-10-8-19(5-6-20(10)17-11)14(24)2-4-18-3-1-13(23)16-15(18)25/h1,3,7,12,21-22H,2,4-6,8-9H2,(H,16,23,25)/t12-/m1/s1. The summed E-state index contributed by atoms with van der Waals surface area (Å²) in [4.78, 5) is 38.8. The van der Waals surface area contributed by atoms with Crippen molar-refractivity contribution < 1.29 is 15.0 Å². The van der Waals surface area contributed by atoms with Crippen molar-refractivity contribution in [2.75, 3.05) is 13.2 Å². The van der Waals surface area contributed by atoms with Crippen LogP contribution in [-0.2, 0) is 24.4 Å². The maximum atomic E-state index is 12.4.